The van der Waals surface area contributed by atoms with Crippen LogP contribution in [0.3, 0.4) is 0 Å². The molecule has 0 radical (unpaired) electrons. The fourth-order valence-corrected chi connectivity index (χ4v) is 4.87. The van der Waals surface area contributed by atoms with E-state index in [1.54, 1.807) is 0 Å². The number of benzene rings is 1. The summed E-state index contributed by atoms with van der Waals surface area (Å²) in [6.45, 7) is 10.7. The van der Waals surface area contributed by atoms with Crippen molar-refractivity contribution < 1.29 is 85.0 Å². The molecule has 0 amide bonds. The van der Waals surface area contributed by atoms with Crippen LogP contribution >= 0.6 is 0 Å². The maximum absolute atomic E-state index is 10.2. The Hall–Kier alpha value is -0.454. The molecule has 45 heavy (non-hydrogen) atoms. The molecule has 0 unspecified atom stereocenters. The Morgan fingerprint density at radius 3 is 1.76 bits per heavy atom. The molecule has 8 heteroatoms. The van der Waals surface area contributed by atoms with Gasteiger partial charge in [-0.3, -0.25) is 0 Å². The summed E-state index contributed by atoms with van der Waals surface area (Å²) in [5.74, 6) is 0.741. The number of aryl methyl sites for hydroxylation is 1. The van der Waals surface area contributed by atoms with Crippen molar-refractivity contribution in [2.24, 2.45) is 0 Å². The minimum atomic E-state index is -0.914. The van der Waals surface area contributed by atoms with Crippen LogP contribution in [0.1, 0.15) is 141 Å². The Labute approximate surface area is 318 Å². The first-order valence-corrected chi connectivity index (χ1v) is 17.6. The van der Waals surface area contributed by atoms with Gasteiger partial charge in [-0.25, -0.2) is 0 Å². The van der Waals surface area contributed by atoms with E-state index in [-0.39, 0.29) is 57.8 Å². The van der Waals surface area contributed by atoms with Crippen LogP contribution in [0.4, 0.5) is 0 Å². The van der Waals surface area contributed by atoms with Gasteiger partial charge < -0.3 is 33.6 Å². The number of allylic oxidation sites excluding steroid dienone is 2. The van der Waals surface area contributed by atoms with Gasteiger partial charge in [-0.1, -0.05) is 97.1 Å². The molecule has 0 saturated carbocycles. The third-order valence-corrected chi connectivity index (χ3v) is 7.50. The van der Waals surface area contributed by atoms with E-state index in [0.717, 1.165) is 63.1 Å². The second-order valence-corrected chi connectivity index (χ2v) is 11.6. The standard InChI is InChI=1S/C19H30O5.C18H34O2.K/c1-3-5-7-20-8-9-21-10-11-22-14-17-13-19-18(23-15-24-19)12-16(17)6-4-2;1-2-3-4-5-6-7-8-9-10-11-12-13-14-15-16-17-18(19)20;/h12-13H,3-11,14-15H2,1-2H3;9-10H,2-8,11-17H2,1H3,(H,19,20);/q;;+1/p-1/b;10-9-;. The van der Waals surface area contributed by atoms with E-state index in [2.05, 4.69) is 39.0 Å². The van der Waals surface area contributed by atoms with Crippen molar-refractivity contribution in [1.29, 1.82) is 0 Å². The molecule has 0 atom stereocenters. The van der Waals surface area contributed by atoms with Crippen molar-refractivity contribution in [1.82, 2.24) is 0 Å². The molecular weight excluding hydrogens is 595 g/mol. The molecule has 0 N–H and O–H groups in total. The van der Waals surface area contributed by atoms with Gasteiger partial charge in [0.25, 0.3) is 0 Å². The minimum absolute atomic E-state index is 0. The summed E-state index contributed by atoms with van der Waals surface area (Å²) in [6.07, 6.45) is 25.3. The van der Waals surface area contributed by atoms with Gasteiger partial charge in [0.15, 0.2) is 11.5 Å². The molecule has 0 saturated heterocycles. The number of hydrogen-bond acceptors (Lipinski definition) is 7. The summed E-state index contributed by atoms with van der Waals surface area (Å²) in [5, 5.41) is 10.2. The van der Waals surface area contributed by atoms with Crippen LogP contribution in [0.25, 0.3) is 0 Å². The Balaban J connectivity index is 0.000000858. The number of hydrogen-bond donors (Lipinski definition) is 0. The second-order valence-electron chi connectivity index (χ2n) is 11.6. The molecule has 2 rings (SSSR count). The molecule has 1 aromatic rings. The minimum Gasteiger partial charge on any atom is -0.550 e. The molecule has 1 aromatic carbocycles. The molecule has 7 nitrogen and oxygen atoms in total. The molecule has 1 aliphatic rings. The molecule has 254 valence electrons. The number of ether oxygens (including phenoxy) is 5. The third-order valence-electron chi connectivity index (χ3n) is 7.50. The maximum Gasteiger partial charge on any atom is 1.00 e. The van der Waals surface area contributed by atoms with E-state index in [4.69, 9.17) is 23.7 Å². The number of unbranched alkanes of at least 4 members (excludes halogenated alkanes) is 12. The van der Waals surface area contributed by atoms with E-state index in [1.165, 1.54) is 75.3 Å². The van der Waals surface area contributed by atoms with Crippen LogP contribution in [0.2, 0.25) is 0 Å². The average molecular weight is 659 g/mol. The molecule has 1 heterocycles. The number of rotatable bonds is 28. The van der Waals surface area contributed by atoms with Gasteiger partial charge >= 0.3 is 51.4 Å². The topological polar surface area (TPSA) is 86.3 Å². The molecule has 0 aliphatic carbocycles. The van der Waals surface area contributed by atoms with Crippen LogP contribution in [0.15, 0.2) is 24.3 Å². The number of carboxylic acid groups (broad SMARTS) is 1. The van der Waals surface area contributed by atoms with Gasteiger partial charge in [-0.05, 0) is 74.6 Å². The van der Waals surface area contributed by atoms with E-state index >= 15 is 0 Å². The zero-order chi connectivity index (χ0) is 31.9. The van der Waals surface area contributed by atoms with Crippen molar-refractivity contribution in [3.05, 3.63) is 35.4 Å². The van der Waals surface area contributed by atoms with Gasteiger partial charge in [-0.15, -0.1) is 0 Å². The van der Waals surface area contributed by atoms with Crippen molar-refractivity contribution in [3.8, 4) is 11.5 Å². The quantitative estimate of drug-likeness (QED) is 0.0668. The van der Waals surface area contributed by atoms with E-state index in [9.17, 15) is 9.90 Å². The van der Waals surface area contributed by atoms with Crippen LogP contribution in [0.5, 0.6) is 11.5 Å². The predicted molar refractivity (Wildman–Crippen MR) is 177 cm³/mol. The SMILES string of the molecule is CCCCCCCC/C=C\CCCCCCCC(=O)[O-].CCCCOCCOCCOCc1cc2c(cc1CCC)OCO2.[K+]. The summed E-state index contributed by atoms with van der Waals surface area (Å²) in [7, 11) is 0. The van der Waals surface area contributed by atoms with Crippen LogP contribution < -0.4 is 66.0 Å². The largest absolute Gasteiger partial charge is 1.00 e. The molecule has 0 fully saturated rings. The molecule has 1 aliphatic heterocycles. The first-order valence-electron chi connectivity index (χ1n) is 17.6. The Bertz CT molecular complexity index is 846. The predicted octanol–water partition coefficient (Wildman–Crippen LogP) is 5.50. The Morgan fingerprint density at radius 1 is 0.667 bits per heavy atom. The van der Waals surface area contributed by atoms with E-state index in [1.807, 2.05) is 6.07 Å². The van der Waals surface area contributed by atoms with Crippen molar-refractivity contribution >= 4 is 5.97 Å². The zero-order valence-electron chi connectivity index (χ0n) is 29.3. The monoisotopic (exact) mass is 658 g/mol. The summed E-state index contributed by atoms with van der Waals surface area (Å²) in [4.78, 5) is 10.2. The van der Waals surface area contributed by atoms with Crippen molar-refractivity contribution in [3.63, 3.8) is 0 Å². The summed E-state index contributed by atoms with van der Waals surface area (Å²) in [5.41, 5.74) is 2.44. The van der Waals surface area contributed by atoms with E-state index < -0.39 is 5.97 Å². The molecule has 0 aromatic heterocycles. The Morgan fingerprint density at radius 2 is 1.18 bits per heavy atom. The normalized spacial score (nSPS) is 11.8. The van der Waals surface area contributed by atoms with Gasteiger partial charge in [0, 0.05) is 12.6 Å². The second kappa shape index (κ2) is 33.4. The first-order chi connectivity index (χ1) is 21.6. The van der Waals surface area contributed by atoms with Crippen molar-refractivity contribution in [2.45, 2.75) is 143 Å². The van der Waals surface area contributed by atoms with Gasteiger partial charge in [-0.2, -0.15) is 0 Å². The molecular formula is C37H63KO7. The third kappa shape index (κ3) is 26.2. The zero-order valence-corrected chi connectivity index (χ0v) is 32.5. The smallest absolute Gasteiger partial charge is 0.550 e. The fraction of sp³-hybridized carbons (Fsp3) is 0.757. The van der Waals surface area contributed by atoms with Crippen LogP contribution in [-0.2, 0) is 32.0 Å². The average Bonchev–Trinajstić information content (AvgIpc) is 3.47. The number of fused-ring (bicyclic) bond motifs is 1. The van der Waals surface area contributed by atoms with Gasteiger partial charge in [0.05, 0.1) is 33.0 Å². The fourth-order valence-electron chi connectivity index (χ4n) is 4.87. The maximum atomic E-state index is 10.2. The number of carboxylic acids is 1. The van der Waals surface area contributed by atoms with Gasteiger partial charge in [0.1, 0.15) is 0 Å². The van der Waals surface area contributed by atoms with E-state index in [0.29, 0.717) is 39.8 Å². The number of carbonyl (C=O) groups is 1. The van der Waals surface area contributed by atoms with Crippen LogP contribution in [0, 0.1) is 0 Å². The Kier molecular flexibility index (Phi) is 33.1. The molecule has 0 spiro atoms. The number of aliphatic carboxylic acids is 1. The molecule has 0 bridgehead atoms. The summed E-state index contributed by atoms with van der Waals surface area (Å²) >= 11 is 0. The van der Waals surface area contributed by atoms with Crippen molar-refractivity contribution in [2.75, 3.05) is 39.8 Å². The van der Waals surface area contributed by atoms with Gasteiger partial charge in [0.2, 0.25) is 6.79 Å². The van der Waals surface area contributed by atoms with Crippen LogP contribution in [-0.4, -0.2) is 45.8 Å². The summed E-state index contributed by atoms with van der Waals surface area (Å²) in [6, 6.07) is 4.12. The number of carbonyl (C=O) groups excluding carboxylic acids is 1. The first kappa shape index (κ1) is 44.5. The summed E-state index contributed by atoms with van der Waals surface area (Å²) < 4.78 is 27.6.